The van der Waals surface area contributed by atoms with E-state index in [1.165, 1.54) is 0 Å². The van der Waals surface area contributed by atoms with Crippen molar-refractivity contribution >= 4 is 11.5 Å². The van der Waals surface area contributed by atoms with Crippen molar-refractivity contribution in [2.45, 2.75) is 0 Å². The highest BCUT2D eigenvalue weighted by Gasteiger charge is 2.14. The van der Waals surface area contributed by atoms with E-state index in [2.05, 4.69) is 15.3 Å². The molecule has 0 aliphatic rings. The average molecular weight is 337 g/mol. The van der Waals surface area contributed by atoms with E-state index in [1.54, 1.807) is 39.9 Å². The Morgan fingerprint density at radius 1 is 0.840 bits per heavy atom. The molecule has 3 rings (SSSR count). The van der Waals surface area contributed by atoms with E-state index in [1.807, 2.05) is 36.4 Å². The van der Waals surface area contributed by atoms with Gasteiger partial charge in [0.15, 0.2) is 11.5 Å². The van der Waals surface area contributed by atoms with Gasteiger partial charge in [0.1, 0.15) is 5.82 Å². The number of hydrogen-bond donors (Lipinski definition) is 1. The molecule has 1 N–H and O–H groups in total. The Bertz CT molecular complexity index is 811. The van der Waals surface area contributed by atoms with Crippen LogP contribution in [-0.2, 0) is 0 Å². The van der Waals surface area contributed by atoms with E-state index >= 15 is 0 Å². The molecule has 3 aromatic rings. The molecule has 6 heteroatoms. The predicted octanol–water partition coefficient (Wildman–Crippen LogP) is 3.91. The van der Waals surface area contributed by atoms with Crippen LogP contribution in [0.25, 0.3) is 11.1 Å². The van der Waals surface area contributed by atoms with E-state index in [0.717, 1.165) is 22.6 Å². The first-order valence-corrected chi connectivity index (χ1v) is 7.68. The van der Waals surface area contributed by atoms with E-state index in [0.29, 0.717) is 17.2 Å². The molecule has 25 heavy (non-hydrogen) atoms. The van der Waals surface area contributed by atoms with Gasteiger partial charge in [-0.3, -0.25) is 4.98 Å². The molecule has 0 unspecified atom stereocenters. The molecule has 0 saturated carbocycles. The third-order valence-electron chi connectivity index (χ3n) is 3.70. The first kappa shape index (κ1) is 16.6. The average Bonchev–Trinajstić information content (AvgIpc) is 2.68. The monoisotopic (exact) mass is 337 g/mol. The third-order valence-corrected chi connectivity index (χ3v) is 3.70. The topological polar surface area (TPSA) is 65.5 Å². The van der Waals surface area contributed by atoms with Crippen LogP contribution >= 0.6 is 0 Å². The van der Waals surface area contributed by atoms with Crippen molar-refractivity contribution in [1.82, 2.24) is 9.97 Å². The van der Waals surface area contributed by atoms with Crippen LogP contribution in [0, 0.1) is 0 Å². The van der Waals surface area contributed by atoms with Crippen molar-refractivity contribution in [2.75, 3.05) is 26.6 Å². The fourth-order valence-electron chi connectivity index (χ4n) is 2.47. The van der Waals surface area contributed by atoms with Crippen LogP contribution in [0.3, 0.4) is 0 Å². The predicted molar refractivity (Wildman–Crippen MR) is 96.8 cm³/mol. The van der Waals surface area contributed by atoms with Gasteiger partial charge in [0.2, 0.25) is 5.75 Å². The molecule has 6 nitrogen and oxygen atoms in total. The number of nitrogens with zero attached hydrogens (tertiary/aromatic N) is 2. The smallest absolute Gasteiger partial charge is 0.203 e. The van der Waals surface area contributed by atoms with Crippen molar-refractivity contribution in [3.63, 3.8) is 0 Å². The highest BCUT2D eigenvalue weighted by Crippen LogP contribution is 2.41. The lowest BCUT2D eigenvalue weighted by atomic mass is 10.1. The maximum Gasteiger partial charge on any atom is 0.203 e. The summed E-state index contributed by atoms with van der Waals surface area (Å²) in [5.41, 5.74) is 2.75. The van der Waals surface area contributed by atoms with Crippen molar-refractivity contribution < 1.29 is 14.2 Å². The number of aromatic nitrogens is 2. The zero-order valence-corrected chi connectivity index (χ0v) is 14.3. The number of ether oxygens (including phenoxy) is 3. The van der Waals surface area contributed by atoms with Crippen molar-refractivity contribution in [1.29, 1.82) is 0 Å². The van der Waals surface area contributed by atoms with Gasteiger partial charge in [0, 0.05) is 18.0 Å². The zero-order chi connectivity index (χ0) is 17.6. The minimum absolute atomic E-state index is 0.566. The molecule has 0 aliphatic heterocycles. The summed E-state index contributed by atoms with van der Waals surface area (Å²) in [6.45, 7) is 0. The number of methoxy groups -OCH3 is 3. The SMILES string of the molecule is COc1cc(-c2ccc(Nc3cccnc3)nc2)cc(OC)c1OC. The summed E-state index contributed by atoms with van der Waals surface area (Å²) in [5, 5.41) is 3.20. The Morgan fingerprint density at radius 3 is 2.12 bits per heavy atom. The summed E-state index contributed by atoms with van der Waals surface area (Å²) >= 11 is 0. The normalized spacial score (nSPS) is 10.2. The highest BCUT2D eigenvalue weighted by atomic mass is 16.5. The third kappa shape index (κ3) is 3.63. The minimum atomic E-state index is 0.566. The summed E-state index contributed by atoms with van der Waals surface area (Å²) in [6, 6.07) is 11.5. The second-order valence-corrected chi connectivity index (χ2v) is 5.21. The molecule has 0 bridgehead atoms. The molecule has 0 spiro atoms. The second kappa shape index (κ2) is 7.53. The van der Waals surface area contributed by atoms with E-state index in [9.17, 15) is 0 Å². The molecular formula is C19H19N3O3. The summed E-state index contributed by atoms with van der Waals surface area (Å²) in [6.07, 6.45) is 5.26. The molecule has 0 aliphatic carbocycles. The molecule has 1 aromatic carbocycles. The van der Waals surface area contributed by atoms with Crippen LogP contribution in [0.4, 0.5) is 11.5 Å². The number of nitrogens with one attached hydrogen (secondary N) is 1. The molecule has 0 radical (unpaired) electrons. The Morgan fingerprint density at radius 2 is 1.60 bits per heavy atom. The summed E-state index contributed by atoms with van der Waals surface area (Å²) in [5.74, 6) is 2.52. The number of anilines is 2. The van der Waals surface area contributed by atoms with Gasteiger partial charge in [-0.05, 0) is 42.0 Å². The fourth-order valence-corrected chi connectivity index (χ4v) is 2.47. The van der Waals surface area contributed by atoms with Crippen LogP contribution in [0.15, 0.2) is 55.0 Å². The standard InChI is InChI=1S/C19H19N3O3/c1-23-16-9-14(10-17(24-2)19(16)25-3)13-6-7-18(21-11-13)22-15-5-4-8-20-12-15/h4-12H,1-3H3,(H,21,22). The van der Waals surface area contributed by atoms with Crippen LogP contribution in [0.1, 0.15) is 0 Å². The Balaban J connectivity index is 1.89. The number of hydrogen-bond acceptors (Lipinski definition) is 6. The molecule has 0 atom stereocenters. The zero-order valence-electron chi connectivity index (χ0n) is 14.3. The summed E-state index contributed by atoms with van der Waals surface area (Å²) in [7, 11) is 4.78. The van der Waals surface area contributed by atoms with E-state index < -0.39 is 0 Å². The van der Waals surface area contributed by atoms with Gasteiger partial charge in [-0.1, -0.05) is 0 Å². The van der Waals surface area contributed by atoms with Gasteiger partial charge < -0.3 is 19.5 Å². The number of pyridine rings is 2. The number of rotatable bonds is 6. The highest BCUT2D eigenvalue weighted by molar-refractivity contribution is 5.71. The largest absolute Gasteiger partial charge is 0.493 e. The van der Waals surface area contributed by atoms with Gasteiger partial charge in [-0.25, -0.2) is 4.98 Å². The van der Waals surface area contributed by atoms with Crippen molar-refractivity contribution in [2.24, 2.45) is 0 Å². The Labute approximate surface area is 146 Å². The first-order valence-electron chi connectivity index (χ1n) is 7.68. The summed E-state index contributed by atoms with van der Waals surface area (Å²) < 4.78 is 16.2. The van der Waals surface area contributed by atoms with Gasteiger partial charge in [0.25, 0.3) is 0 Å². The Kier molecular flexibility index (Phi) is 4.99. The molecule has 2 heterocycles. The lowest BCUT2D eigenvalue weighted by molar-refractivity contribution is 0.324. The van der Waals surface area contributed by atoms with Gasteiger partial charge in [0.05, 0.1) is 33.2 Å². The van der Waals surface area contributed by atoms with Crippen LogP contribution in [0.5, 0.6) is 17.2 Å². The lowest BCUT2D eigenvalue weighted by Crippen LogP contribution is -1.96. The van der Waals surface area contributed by atoms with Crippen molar-refractivity contribution in [3.8, 4) is 28.4 Å². The molecule has 0 saturated heterocycles. The molecule has 2 aromatic heterocycles. The fraction of sp³-hybridized carbons (Fsp3) is 0.158. The molecule has 0 amide bonds. The van der Waals surface area contributed by atoms with Gasteiger partial charge in [-0.15, -0.1) is 0 Å². The molecular weight excluding hydrogens is 318 g/mol. The number of benzene rings is 1. The van der Waals surface area contributed by atoms with Crippen LogP contribution in [-0.4, -0.2) is 31.3 Å². The van der Waals surface area contributed by atoms with Gasteiger partial charge in [-0.2, -0.15) is 0 Å². The minimum Gasteiger partial charge on any atom is -0.493 e. The second-order valence-electron chi connectivity index (χ2n) is 5.21. The molecule has 0 fully saturated rings. The van der Waals surface area contributed by atoms with E-state index in [-0.39, 0.29) is 0 Å². The quantitative estimate of drug-likeness (QED) is 0.735. The maximum absolute atomic E-state index is 5.40. The van der Waals surface area contributed by atoms with Crippen molar-refractivity contribution in [3.05, 3.63) is 55.0 Å². The van der Waals surface area contributed by atoms with Crippen LogP contribution < -0.4 is 19.5 Å². The van der Waals surface area contributed by atoms with E-state index in [4.69, 9.17) is 14.2 Å². The maximum atomic E-state index is 5.40. The molecule has 128 valence electrons. The first-order chi connectivity index (χ1) is 12.2. The Hall–Kier alpha value is -3.28. The summed E-state index contributed by atoms with van der Waals surface area (Å²) in [4.78, 5) is 8.52. The lowest BCUT2D eigenvalue weighted by Gasteiger charge is -2.14. The van der Waals surface area contributed by atoms with Gasteiger partial charge >= 0.3 is 0 Å². The van der Waals surface area contributed by atoms with Crippen LogP contribution in [0.2, 0.25) is 0 Å².